The SMILES string of the molecule is Cc1ccc(N)cc1C(=O)N1CC(C)CN(C)c2ccccc21.Cl. The molecule has 4 nitrogen and oxygen atoms in total. The minimum absolute atomic E-state index is 0. The quantitative estimate of drug-likeness (QED) is 0.801. The lowest BCUT2D eigenvalue weighted by Crippen LogP contribution is -2.35. The van der Waals surface area contributed by atoms with Gasteiger partial charge in [-0.1, -0.05) is 25.1 Å². The predicted octanol–water partition coefficient (Wildman–Crippen LogP) is 3.73. The molecule has 0 spiro atoms. The molecule has 0 bridgehead atoms. The number of para-hydroxylation sites is 2. The fourth-order valence-electron chi connectivity index (χ4n) is 3.26. The summed E-state index contributed by atoms with van der Waals surface area (Å²) in [5, 5.41) is 0. The molecule has 24 heavy (non-hydrogen) atoms. The van der Waals surface area contributed by atoms with E-state index in [1.54, 1.807) is 6.07 Å². The van der Waals surface area contributed by atoms with Gasteiger partial charge in [-0.3, -0.25) is 4.79 Å². The number of carbonyl (C=O) groups is 1. The van der Waals surface area contributed by atoms with Crippen molar-refractivity contribution in [3.05, 3.63) is 53.6 Å². The fourth-order valence-corrected chi connectivity index (χ4v) is 3.26. The third kappa shape index (κ3) is 3.34. The van der Waals surface area contributed by atoms with Gasteiger partial charge in [0.2, 0.25) is 0 Å². The second kappa shape index (κ2) is 7.14. The van der Waals surface area contributed by atoms with Crippen LogP contribution in [0.4, 0.5) is 17.1 Å². The Bertz CT molecular complexity index is 747. The highest BCUT2D eigenvalue weighted by molar-refractivity contribution is 6.09. The lowest BCUT2D eigenvalue weighted by atomic mass is 10.0. The monoisotopic (exact) mass is 345 g/mol. The summed E-state index contributed by atoms with van der Waals surface area (Å²) < 4.78 is 0. The van der Waals surface area contributed by atoms with Crippen LogP contribution in [0, 0.1) is 12.8 Å². The summed E-state index contributed by atoms with van der Waals surface area (Å²) in [6.07, 6.45) is 0. The highest BCUT2D eigenvalue weighted by atomic mass is 35.5. The molecule has 2 N–H and O–H groups in total. The number of hydrogen-bond acceptors (Lipinski definition) is 3. The van der Waals surface area contributed by atoms with Gasteiger partial charge in [0.05, 0.1) is 11.4 Å². The van der Waals surface area contributed by atoms with Crippen molar-refractivity contribution in [2.24, 2.45) is 5.92 Å². The minimum atomic E-state index is 0. The van der Waals surface area contributed by atoms with Gasteiger partial charge < -0.3 is 15.5 Å². The summed E-state index contributed by atoms with van der Waals surface area (Å²) in [6, 6.07) is 13.6. The molecular formula is C19H24ClN3O. The Balaban J connectivity index is 0.00000208. The first-order valence-electron chi connectivity index (χ1n) is 7.95. The van der Waals surface area contributed by atoms with Crippen LogP contribution < -0.4 is 15.5 Å². The number of amides is 1. The van der Waals surface area contributed by atoms with Gasteiger partial charge in [-0.2, -0.15) is 0 Å². The van der Waals surface area contributed by atoms with E-state index in [0.717, 1.165) is 23.5 Å². The predicted molar refractivity (Wildman–Crippen MR) is 103 cm³/mol. The highest BCUT2D eigenvalue weighted by Crippen LogP contribution is 2.34. The molecule has 0 radical (unpaired) electrons. The van der Waals surface area contributed by atoms with Crippen molar-refractivity contribution in [2.75, 3.05) is 35.7 Å². The molecule has 1 heterocycles. The molecule has 0 aromatic heterocycles. The van der Waals surface area contributed by atoms with Crippen molar-refractivity contribution in [1.82, 2.24) is 0 Å². The second-order valence-electron chi connectivity index (χ2n) is 6.46. The number of fused-ring (bicyclic) bond motifs is 1. The summed E-state index contributed by atoms with van der Waals surface area (Å²) in [4.78, 5) is 17.3. The summed E-state index contributed by atoms with van der Waals surface area (Å²) >= 11 is 0. The van der Waals surface area contributed by atoms with Crippen LogP contribution in [0.25, 0.3) is 0 Å². The van der Waals surface area contributed by atoms with Crippen LogP contribution in [0.2, 0.25) is 0 Å². The van der Waals surface area contributed by atoms with Crippen molar-refractivity contribution in [1.29, 1.82) is 0 Å². The van der Waals surface area contributed by atoms with E-state index < -0.39 is 0 Å². The fraction of sp³-hybridized carbons (Fsp3) is 0.316. The Hall–Kier alpha value is -2.20. The van der Waals surface area contributed by atoms with E-state index in [-0.39, 0.29) is 18.3 Å². The number of nitrogens with zero attached hydrogens (tertiary/aromatic N) is 2. The third-order valence-corrected chi connectivity index (χ3v) is 4.40. The number of benzene rings is 2. The number of aryl methyl sites for hydroxylation is 1. The molecule has 3 rings (SSSR count). The van der Waals surface area contributed by atoms with Crippen molar-refractivity contribution in [2.45, 2.75) is 13.8 Å². The molecule has 1 aliphatic rings. The van der Waals surface area contributed by atoms with E-state index in [9.17, 15) is 4.79 Å². The molecule has 1 amide bonds. The van der Waals surface area contributed by atoms with Crippen molar-refractivity contribution >= 4 is 35.4 Å². The van der Waals surface area contributed by atoms with Crippen molar-refractivity contribution in [3.8, 4) is 0 Å². The first-order chi connectivity index (χ1) is 11.0. The number of nitrogen functional groups attached to an aromatic ring is 1. The lowest BCUT2D eigenvalue weighted by molar-refractivity contribution is 0.0983. The third-order valence-electron chi connectivity index (χ3n) is 4.40. The summed E-state index contributed by atoms with van der Waals surface area (Å²) in [5.41, 5.74) is 10.2. The number of rotatable bonds is 1. The lowest BCUT2D eigenvalue weighted by Gasteiger charge is -2.25. The Labute approximate surface area is 149 Å². The molecular weight excluding hydrogens is 322 g/mol. The molecule has 5 heteroatoms. The van der Waals surface area contributed by atoms with E-state index in [2.05, 4.69) is 24.9 Å². The maximum Gasteiger partial charge on any atom is 0.258 e. The maximum absolute atomic E-state index is 13.2. The van der Waals surface area contributed by atoms with E-state index >= 15 is 0 Å². The van der Waals surface area contributed by atoms with Gasteiger partial charge in [-0.05, 0) is 42.7 Å². The second-order valence-corrected chi connectivity index (χ2v) is 6.46. The topological polar surface area (TPSA) is 49.6 Å². The standard InChI is InChI=1S/C19H23N3O.ClH/c1-13-11-21(3)17-6-4-5-7-18(17)22(12-13)19(23)16-10-15(20)9-8-14(16)2;/h4-10,13H,11-12,20H2,1-3H3;1H. The van der Waals surface area contributed by atoms with Crippen molar-refractivity contribution < 1.29 is 4.79 Å². The number of anilines is 3. The minimum Gasteiger partial charge on any atom is -0.399 e. The van der Waals surface area contributed by atoms with E-state index in [1.165, 1.54) is 0 Å². The normalized spacial score (nSPS) is 16.9. The molecule has 0 aliphatic carbocycles. The van der Waals surface area contributed by atoms with Gasteiger partial charge in [-0.15, -0.1) is 12.4 Å². The molecule has 1 unspecified atom stereocenters. The summed E-state index contributed by atoms with van der Waals surface area (Å²) in [6.45, 7) is 5.76. The first kappa shape index (κ1) is 18.1. The molecule has 128 valence electrons. The van der Waals surface area contributed by atoms with Crippen molar-refractivity contribution in [3.63, 3.8) is 0 Å². The highest BCUT2D eigenvalue weighted by Gasteiger charge is 2.27. The molecule has 0 saturated carbocycles. The largest absolute Gasteiger partial charge is 0.399 e. The summed E-state index contributed by atoms with van der Waals surface area (Å²) in [5.74, 6) is 0.405. The zero-order chi connectivity index (χ0) is 16.6. The van der Waals surface area contributed by atoms with Crippen LogP contribution >= 0.6 is 12.4 Å². The van der Waals surface area contributed by atoms with Gasteiger partial charge in [0.15, 0.2) is 0 Å². The number of nitrogens with two attached hydrogens (primary N) is 1. The molecule has 2 aromatic rings. The average Bonchev–Trinajstić information content (AvgIpc) is 2.66. The molecule has 2 aromatic carbocycles. The Morgan fingerprint density at radius 1 is 1.12 bits per heavy atom. The van der Waals surface area contributed by atoms with E-state index in [0.29, 0.717) is 23.7 Å². The van der Waals surface area contributed by atoms with Crippen LogP contribution in [0.1, 0.15) is 22.8 Å². The van der Waals surface area contributed by atoms with Gasteiger partial charge in [0.25, 0.3) is 5.91 Å². The van der Waals surface area contributed by atoms with Crippen LogP contribution in [0.15, 0.2) is 42.5 Å². The van der Waals surface area contributed by atoms with Gasteiger partial charge >= 0.3 is 0 Å². The molecule has 1 atom stereocenters. The number of halogens is 1. The molecule has 1 aliphatic heterocycles. The van der Waals surface area contributed by atoms with Crippen LogP contribution in [0.3, 0.4) is 0 Å². The zero-order valence-corrected chi connectivity index (χ0v) is 15.1. The zero-order valence-electron chi connectivity index (χ0n) is 14.3. The van der Waals surface area contributed by atoms with Crippen LogP contribution in [-0.2, 0) is 0 Å². The molecule has 0 fully saturated rings. The Kier molecular flexibility index (Phi) is 5.40. The van der Waals surface area contributed by atoms with Gasteiger partial charge in [0, 0.05) is 31.4 Å². The van der Waals surface area contributed by atoms with E-state index in [1.807, 2.05) is 42.2 Å². The summed E-state index contributed by atoms with van der Waals surface area (Å²) in [7, 11) is 2.08. The van der Waals surface area contributed by atoms with Gasteiger partial charge in [-0.25, -0.2) is 0 Å². The number of hydrogen-bond donors (Lipinski definition) is 1. The van der Waals surface area contributed by atoms with Crippen LogP contribution in [0.5, 0.6) is 0 Å². The van der Waals surface area contributed by atoms with Gasteiger partial charge in [0.1, 0.15) is 0 Å². The maximum atomic E-state index is 13.2. The number of carbonyl (C=O) groups excluding carboxylic acids is 1. The van der Waals surface area contributed by atoms with E-state index in [4.69, 9.17) is 5.73 Å². The smallest absolute Gasteiger partial charge is 0.258 e. The Morgan fingerprint density at radius 3 is 2.50 bits per heavy atom. The van der Waals surface area contributed by atoms with Crippen LogP contribution in [-0.4, -0.2) is 26.0 Å². The average molecular weight is 346 g/mol. The Morgan fingerprint density at radius 2 is 1.79 bits per heavy atom. The first-order valence-corrected chi connectivity index (χ1v) is 7.95. The molecule has 0 saturated heterocycles.